The molecule has 0 spiro atoms. The van der Waals surface area contributed by atoms with Crippen molar-refractivity contribution in [2.75, 3.05) is 5.32 Å². The highest BCUT2D eigenvalue weighted by atomic mass is 32.1. The largest absolute Gasteiger partial charge is 0.321 e. The number of aryl methyl sites for hydroxylation is 4. The Balaban J connectivity index is 1.71. The lowest BCUT2D eigenvalue weighted by molar-refractivity contribution is 0.103. The summed E-state index contributed by atoms with van der Waals surface area (Å²) in [7, 11) is 0. The van der Waals surface area contributed by atoms with Crippen molar-refractivity contribution < 1.29 is 4.79 Å². The molecule has 1 aliphatic carbocycles. The Morgan fingerprint density at radius 1 is 1.16 bits per heavy atom. The molecule has 4 rings (SSSR count). The molecule has 1 fully saturated rings. The van der Waals surface area contributed by atoms with Gasteiger partial charge < -0.3 is 5.32 Å². The Bertz CT molecular complexity index is 1000. The standard InChI is InChI=1S/C20H21N3OS/c1-10-5-8-15(11(2)9-10)22-19(24)17-12(3)16-13(4)21-18(14-6-7-14)23-20(16)25-17/h5,8-9,14H,6-7H2,1-4H3,(H,22,24). The second-order valence-electron chi connectivity index (χ2n) is 6.95. The number of hydrogen-bond acceptors (Lipinski definition) is 4. The maximum absolute atomic E-state index is 12.8. The zero-order chi connectivity index (χ0) is 17.7. The molecule has 1 aliphatic rings. The summed E-state index contributed by atoms with van der Waals surface area (Å²) >= 11 is 1.47. The Morgan fingerprint density at radius 3 is 2.60 bits per heavy atom. The third kappa shape index (κ3) is 2.93. The van der Waals surface area contributed by atoms with Gasteiger partial charge in [0.1, 0.15) is 10.7 Å². The second kappa shape index (κ2) is 5.92. The van der Waals surface area contributed by atoms with Gasteiger partial charge in [-0.3, -0.25) is 4.79 Å². The summed E-state index contributed by atoms with van der Waals surface area (Å²) in [5, 5.41) is 4.08. The van der Waals surface area contributed by atoms with Crippen LogP contribution in [0.1, 0.15) is 56.6 Å². The number of thiophene rings is 1. The van der Waals surface area contributed by atoms with Gasteiger partial charge in [0.05, 0.1) is 10.6 Å². The molecule has 3 aromatic rings. The van der Waals surface area contributed by atoms with Gasteiger partial charge in [0, 0.05) is 17.0 Å². The van der Waals surface area contributed by atoms with E-state index in [0.29, 0.717) is 5.92 Å². The zero-order valence-corrected chi connectivity index (χ0v) is 15.8. The smallest absolute Gasteiger partial charge is 0.266 e. The van der Waals surface area contributed by atoms with Crippen LogP contribution in [0.4, 0.5) is 5.69 Å². The number of fused-ring (bicyclic) bond motifs is 1. The number of rotatable bonds is 3. The topological polar surface area (TPSA) is 54.9 Å². The molecule has 0 unspecified atom stereocenters. The molecule has 5 heteroatoms. The number of benzene rings is 1. The summed E-state index contributed by atoms with van der Waals surface area (Å²) in [6.07, 6.45) is 2.35. The SMILES string of the molecule is Cc1ccc(NC(=O)c2sc3nc(C4CC4)nc(C)c3c2C)c(C)c1. The molecule has 1 amide bonds. The number of carbonyl (C=O) groups is 1. The van der Waals surface area contributed by atoms with Gasteiger partial charge in [-0.05, 0) is 57.7 Å². The van der Waals surface area contributed by atoms with Gasteiger partial charge in [0.2, 0.25) is 0 Å². The van der Waals surface area contributed by atoms with Crippen LogP contribution in [-0.4, -0.2) is 15.9 Å². The summed E-state index contributed by atoms with van der Waals surface area (Å²) in [5.74, 6) is 1.38. The van der Waals surface area contributed by atoms with Crippen LogP contribution in [0.3, 0.4) is 0 Å². The minimum Gasteiger partial charge on any atom is -0.321 e. The molecule has 1 aromatic carbocycles. The van der Waals surface area contributed by atoms with Crippen molar-refractivity contribution in [3.8, 4) is 0 Å². The maximum Gasteiger partial charge on any atom is 0.266 e. The first kappa shape index (κ1) is 16.2. The molecule has 25 heavy (non-hydrogen) atoms. The summed E-state index contributed by atoms with van der Waals surface area (Å²) in [6.45, 7) is 8.07. The van der Waals surface area contributed by atoms with Crippen LogP contribution in [-0.2, 0) is 0 Å². The minimum absolute atomic E-state index is 0.0696. The Morgan fingerprint density at radius 2 is 1.92 bits per heavy atom. The van der Waals surface area contributed by atoms with Gasteiger partial charge in [0.25, 0.3) is 5.91 Å². The summed E-state index contributed by atoms with van der Waals surface area (Å²) in [4.78, 5) is 23.9. The fourth-order valence-corrected chi connectivity index (χ4v) is 4.37. The Hall–Kier alpha value is -2.27. The maximum atomic E-state index is 12.8. The molecule has 1 N–H and O–H groups in total. The third-order valence-corrected chi connectivity index (χ3v) is 5.95. The molecule has 2 heterocycles. The van der Waals surface area contributed by atoms with E-state index in [-0.39, 0.29) is 5.91 Å². The minimum atomic E-state index is -0.0696. The van der Waals surface area contributed by atoms with Gasteiger partial charge in [-0.1, -0.05) is 17.7 Å². The molecule has 4 nitrogen and oxygen atoms in total. The molecule has 2 aromatic heterocycles. The van der Waals surface area contributed by atoms with Crippen molar-refractivity contribution in [1.82, 2.24) is 9.97 Å². The lowest BCUT2D eigenvalue weighted by atomic mass is 10.1. The van der Waals surface area contributed by atoms with Crippen molar-refractivity contribution in [1.29, 1.82) is 0 Å². The van der Waals surface area contributed by atoms with Crippen LogP contribution in [0.5, 0.6) is 0 Å². The predicted octanol–water partition coefficient (Wildman–Crippen LogP) is 5.05. The van der Waals surface area contributed by atoms with Crippen LogP contribution in [0.25, 0.3) is 10.2 Å². The number of anilines is 1. The molecule has 1 saturated carbocycles. The van der Waals surface area contributed by atoms with Crippen LogP contribution in [0.15, 0.2) is 18.2 Å². The average Bonchev–Trinajstić information content (AvgIpc) is 3.34. The molecule has 0 atom stereocenters. The van der Waals surface area contributed by atoms with Crippen molar-refractivity contribution >= 4 is 33.1 Å². The molecule has 0 saturated heterocycles. The Kier molecular flexibility index (Phi) is 3.84. The zero-order valence-electron chi connectivity index (χ0n) is 14.9. The highest BCUT2D eigenvalue weighted by Gasteiger charge is 2.28. The number of nitrogens with one attached hydrogen (secondary N) is 1. The summed E-state index contributed by atoms with van der Waals surface area (Å²) in [5.41, 5.74) is 5.06. The van der Waals surface area contributed by atoms with Crippen molar-refractivity contribution in [3.63, 3.8) is 0 Å². The lowest BCUT2D eigenvalue weighted by Gasteiger charge is -2.08. The van der Waals surface area contributed by atoms with Gasteiger partial charge in [-0.15, -0.1) is 11.3 Å². The number of nitrogens with zero attached hydrogens (tertiary/aromatic N) is 2. The van der Waals surface area contributed by atoms with Crippen molar-refractivity contribution in [2.45, 2.75) is 46.5 Å². The van der Waals surface area contributed by atoms with E-state index in [4.69, 9.17) is 4.98 Å². The van der Waals surface area contributed by atoms with E-state index < -0.39 is 0 Å². The van der Waals surface area contributed by atoms with E-state index in [1.54, 1.807) is 0 Å². The van der Waals surface area contributed by atoms with Crippen LogP contribution in [0.2, 0.25) is 0 Å². The number of carbonyl (C=O) groups excluding carboxylic acids is 1. The predicted molar refractivity (Wildman–Crippen MR) is 103 cm³/mol. The van der Waals surface area contributed by atoms with E-state index in [1.165, 1.54) is 29.7 Å². The van der Waals surface area contributed by atoms with E-state index in [0.717, 1.165) is 43.4 Å². The third-order valence-electron chi connectivity index (χ3n) is 4.77. The molecule has 0 radical (unpaired) electrons. The first-order chi connectivity index (χ1) is 11.9. The molecule has 0 bridgehead atoms. The van der Waals surface area contributed by atoms with E-state index in [2.05, 4.69) is 16.4 Å². The van der Waals surface area contributed by atoms with Gasteiger partial charge in [-0.2, -0.15) is 0 Å². The first-order valence-electron chi connectivity index (χ1n) is 8.60. The molecular weight excluding hydrogens is 330 g/mol. The van der Waals surface area contributed by atoms with E-state index >= 15 is 0 Å². The second-order valence-corrected chi connectivity index (χ2v) is 7.95. The highest BCUT2D eigenvalue weighted by Crippen LogP contribution is 2.40. The fraction of sp³-hybridized carbons (Fsp3) is 0.350. The molecule has 128 valence electrons. The van der Waals surface area contributed by atoms with Crippen LogP contribution >= 0.6 is 11.3 Å². The normalized spacial score (nSPS) is 14.1. The quantitative estimate of drug-likeness (QED) is 0.718. The van der Waals surface area contributed by atoms with Gasteiger partial charge >= 0.3 is 0 Å². The van der Waals surface area contributed by atoms with Gasteiger partial charge in [0.15, 0.2) is 0 Å². The highest BCUT2D eigenvalue weighted by molar-refractivity contribution is 7.20. The summed E-state index contributed by atoms with van der Waals surface area (Å²) in [6, 6.07) is 6.05. The monoisotopic (exact) mass is 351 g/mol. The number of amides is 1. The van der Waals surface area contributed by atoms with E-state index in [9.17, 15) is 4.79 Å². The van der Waals surface area contributed by atoms with E-state index in [1.807, 2.05) is 39.8 Å². The lowest BCUT2D eigenvalue weighted by Crippen LogP contribution is -2.12. The van der Waals surface area contributed by atoms with Crippen LogP contribution < -0.4 is 5.32 Å². The van der Waals surface area contributed by atoms with Crippen molar-refractivity contribution in [3.05, 3.63) is 51.3 Å². The molecular formula is C20H21N3OS. The number of hydrogen-bond donors (Lipinski definition) is 1. The first-order valence-corrected chi connectivity index (χ1v) is 9.42. The summed E-state index contributed by atoms with van der Waals surface area (Å²) < 4.78 is 0. The molecule has 0 aliphatic heterocycles. The average molecular weight is 351 g/mol. The van der Waals surface area contributed by atoms with Gasteiger partial charge in [-0.25, -0.2) is 9.97 Å². The Labute approximate surface area is 151 Å². The number of aromatic nitrogens is 2. The fourth-order valence-electron chi connectivity index (χ4n) is 3.23. The van der Waals surface area contributed by atoms with Crippen LogP contribution in [0, 0.1) is 27.7 Å². The van der Waals surface area contributed by atoms with Crippen molar-refractivity contribution in [2.24, 2.45) is 0 Å².